The van der Waals surface area contributed by atoms with Crippen LogP contribution in [0.5, 0.6) is 11.5 Å². The van der Waals surface area contributed by atoms with Gasteiger partial charge in [-0.05, 0) is 44.0 Å². The Kier molecular flexibility index (Phi) is 6.64. The third-order valence-corrected chi connectivity index (χ3v) is 4.20. The Bertz CT molecular complexity index is 630. The summed E-state index contributed by atoms with van der Waals surface area (Å²) in [5.41, 5.74) is 1.98. The molecule has 2 aromatic rings. The summed E-state index contributed by atoms with van der Waals surface area (Å²) in [6.45, 7) is 4.16. The second-order valence-corrected chi connectivity index (χ2v) is 6.06. The van der Waals surface area contributed by atoms with Crippen LogP contribution in [-0.2, 0) is 0 Å². The fourth-order valence-electron chi connectivity index (χ4n) is 2.91. The van der Waals surface area contributed by atoms with Crippen molar-refractivity contribution in [2.45, 2.75) is 38.5 Å². The van der Waals surface area contributed by atoms with Crippen LogP contribution >= 0.6 is 0 Å². The molecule has 0 aliphatic rings. The van der Waals surface area contributed by atoms with Gasteiger partial charge in [-0.15, -0.1) is 0 Å². The summed E-state index contributed by atoms with van der Waals surface area (Å²) >= 11 is 0. The Balaban J connectivity index is 2.02. The summed E-state index contributed by atoms with van der Waals surface area (Å²) in [7, 11) is 3.32. The van der Waals surface area contributed by atoms with E-state index in [0.717, 1.165) is 22.6 Å². The lowest BCUT2D eigenvalue weighted by Crippen LogP contribution is -2.30. The topological polar surface area (TPSA) is 50.7 Å². The quantitative estimate of drug-likeness (QED) is 0.772. The van der Waals surface area contributed by atoms with E-state index in [1.54, 1.807) is 14.2 Å². The number of hydrogen-bond donors (Lipinski definition) is 2. The predicted octanol–water partition coefficient (Wildman–Crippen LogP) is 3.87. The fourth-order valence-corrected chi connectivity index (χ4v) is 2.91. The van der Waals surface area contributed by atoms with Crippen LogP contribution in [0.1, 0.15) is 43.5 Å². The summed E-state index contributed by atoms with van der Waals surface area (Å²) in [6, 6.07) is 15.7. The Hall–Kier alpha value is -2.04. The van der Waals surface area contributed by atoms with Gasteiger partial charge in [-0.25, -0.2) is 0 Å². The third-order valence-electron chi connectivity index (χ3n) is 4.20. The van der Waals surface area contributed by atoms with Crippen LogP contribution in [-0.4, -0.2) is 25.4 Å². The molecule has 24 heavy (non-hydrogen) atoms. The van der Waals surface area contributed by atoms with Gasteiger partial charge in [0.15, 0.2) is 0 Å². The van der Waals surface area contributed by atoms with Crippen LogP contribution < -0.4 is 14.8 Å². The zero-order valence-electron chi connectivity index (χ0n) is 14.8. The average Bonchev–Trinajstić information content (AvgIpc) is 2.61. The Labute approximate surface area is 144 Å². The van der Waals surface area contributed by atoms with Crippen molar-refractivity contribution in [1.82, 2.24) is 5.32 Å². The molecule has 3 unspecified atom stereocenters. The molecular formula is C20H27NO3. The Morgan fingerprint density at radius 1 is 1.00 bits per heavy atom. The maximum absolute atomic E-state index is 10.4. The number of nitrogens with one attached hydrogen (secondary N) is 1. The van der Waals surface area contributed by atoms with Gasteiger partial charge in [-0.3, -0.25) is 0 Å². The second-order valence-electron chi connectivity index (χ2n) is 6.06. The first kappa shape index (κ1) is 18.3. The van der Waals surface area contributed by atoms with E-state index in [1.165, 1.54) is 0 Å². The number of aliphatic hydroxyl groups is 1. The highest BCUT2D eigenvalue weighted by Crippen LogP contribution is 2.30. The number of ether oxygens (including phenoxy) is 2. The lowest BCUT2D eigenvalue weighted by Gasteiger charge is -2.24. The zero-order valence-corrected chi connectivity index (χ0v) is 14.8. The first-order chi connectivity index (χ1) is 11.5. The minimum Gasteiger partial charge on any atom is -0.497 e. The summed E-state index contributed by atoms with van der Waals surface area (Å²) in [5, 5.41) is 13.9. The fraction of sp³-hybridized carbons (Fsp3) is 0.400. The zero-order chi connectivity index (χ0) is 17.5. The maximum atomic E-state index is 10.4. The van der Waals surface area contributed by atoms with Gasteiger partial charge >= 0.3 is 0 Å². The van der Waals surface area contributed by atoms with Crippen molar-refractivity contribution in [3.05, 3.63) is 59.7 Å². The Morgan fingerprint density at radius 2 is 1.71 bits per heavy atom. The molecule has 4 nitrogen and oxygen atoms in total. The average molecular weight is 329 g/mol. The molecule has 0 radical (unpaired) electrons. The molecule has 0 bridgehead atoms. The van der Waals surface area contributed by atoms with Gasteiger partial charge in [0.2, 0.25) is 0 Å². The molecule has 0 fully saturated rings. The van der Waals surface area contributed by atoms with E-state index in [2.05, 4.69) is 19.2 Å². The molecule has 130 valence electrons. The molecule has 0 heterocycles. The van der Waals surface area contributed by atoms with Crippen LogP contribution in [0.3, 0.4) is 0 Å². The van der Waals surface area contributed by atoms with Crippen molar-refractivity contribution >= 4 is 0 Å². The molecular weight excluding hydrogens is 302 g/mol. The number of methoxy groups -OCH3 is 2. The summed E-state index contributed by atoms with van der Waals surface area (Å²) in [5.74, 6) is 1.63. The minimum atomic E-state index is -0.479. The van der Waals surface area contributed by atoms with Crippen molar-refractivity contribution in [3.8, 4) is 11.5 Å². The standard InChI is InChI=1S/C20H27NO3/c1-14(12-19(22)16-8-6-5-7-9-16)21-15(2)18-13-17(23-3)10-11-20(18)24-4/h5-11,13-15,19,21-22H,12H2,1-4H3. The molecule has 0 aromatic heterocycles. The molecule has 0 spiro atoms. The predicted molar refractivity (Wildman–Crippen MR) is 96.6 cm³/mol. The van der Waals surface area contributed by atoms with E-state index in [-0.39, 0.29) is 12.1 Å². The molecule has 3 atom stereocenters. The van der Waals surface area contributed by atoms with Crippen molar-refractivity contribution < 1.29 is 14.6 Å². The first-order valence-electron chi connectivity index (χ1n) is 8.26. The van der Waals surface area contributed by atoms with Crippen molar-refractivity contribution in [1.29, 1.82) is 0 Å². The second kappa shape index (κ2) is 8.71. The van der Waals surface area contributed by atoms with Gasteiger partial charge in [-0.2, -0.15) is 0 Å². The molecule has 0 aliphatic carbocycles. The van der Waals surface area contributed by atoms with Gasteiger partial charge in [0.05, 0.1) is 20.3 Å². The summed E-state index contributed by atoms with van der Waals surface area (Å²) in [6.07, 6.45) is 0.161. The third kappa shape index (κ3) is 4.73. The van der Waals surface area contributed by atoms with Crippen LogP contribution in [0.2, 0.25) is 0 Å². The van der Waals surface area contributed by atoms with Crippen LogP contribution in [0.4, 0.5) is 0 Å². The Morgan fingerprint density at radius 3 is 2.33 bits per heavy atom. The first-order valence-corrected chi connectivity index (χ1v) is 8.26. The van der Waals surface area contributed by atoms with E-state index in [0.29, 0.717) is 6.42 Å². The highest BCUT2D eigenvalue weighted by molar-refractivity contribution is 5.42. The molecule has 0 aliphatic heterocycles. The minimum absolute atomic E-state index is 0.0769. The molecule has 0 saturated heterocycles. The van der Waals surface area contributed by atoms with Crippen LogP contribution in [0.15, 0.2) is 48.5 Å². The molecule has 2 rings (SSSR count). The van der Waals surface area contributed by atoms with Crippen molar-refractivity contribution in [2.75, 3.05) is 14.2 Å². The molecule has 0 amide bonds. The molecule has 4 heteroatoms. The van der Waals surface area contributed by atoms with Gasteiger partial charge in [0.1, 0.15) is 11.5 Å². The smallest absolute Gasteiger partial charge is 0.123 e. The van der Waals surface area contributed by atoms with Gasteiger partial charge in [-0.1, -0.05) is 30.3 Å². The van der Waals surface area contributed by atoms with E-state index >= 15 is 0 Å². The molecule has 0 saturated carbocycles. The van der Waals surface area contributed by atoms with E-state index < -0.39 is 6.10 Å². The van der Waals surface area contributed by atoms with Crippen LogP contribution in [0, 0.1) is 0 Å². The van der Waals surface area contributed by atoms with Crippen molar-refractivity contribution in [3.63, 3.8) is 0 Å². The number of hydrogen-bond acceptors (Lipinski definition) is 4. The van der Waals surface area contributed by atoms with Crippen LogP contribution in [0.25, 0.3) is 0 Å². The van der Waals surface area contributed by atoms with Gasteiger partial charge < -0.3 is 19.9 Å². The lowest BCUT2D eigenvalue weighted by atomic mass is 10.0. The van der Waals surface area contributed by atoms with E-state index in [4.69, 9.17) is 9.47 Å². The lowest BCUT2D eigenvalue weighted by molar-refractivity contribution is 0.152. The monoisotopic (exact) mass is 329 g/mol. The maximum Gasteiger partial charge on any atom is 0.123 e. The molecule has 2 aromatic carbocycles. The van der Waals surface area contributed by atoms with Gasteiger partial charge in [0, 0.05) is 17.6 Å². The highest BCUT2D eigenvalue weighted by atomic mass is 16.5. The number of rotatable bonds is 8. The number of benzene rings is 2. The van der Waals surface area contributed by atoms with Gasteiger partial charge in [0.25, 0.3) is 0 Å². The highest BCUT2D eigenvalue weighted by Gasteiger charge is 2.17. The summed E-state index contributed by atoms with van der Waals surface area (Å²) in [4.78, 5) is 0. The van der Waals surface area contributed by atoms with Crippen molar-refractivity contribution in [2.24, 2.45) is 0 Å². The summed E-state index contributed by atoms with van der Waals surface area (Å²) < 4.78 is 10.8. The largest absolute Gasteiger partial charge is 0.497 e. The molecule has 2 N–H and O–H groups in total. The number of aliphatic hydroxyl groups excluding tert-OH is 1. The normalized spacial score (nSPS) is 14.7. The van der Waals surface area contributed by atoms with E-state index in [1.807, 2.05) is 48.5 Å². The van der Waals surface area contributed by atoms with E-state index in [9.17, 15) is 5.11 Å². The SMILES string of the molecule is COc1ccc(OC)c(C(C)NC(C)CC(O)c2ccccc2)c1.